The van der Waals surface area contributed by atoms with Crippen LogP contribution in [-0.4, -0.2) is 11.6 Å². The van der Waals surface area contributed by atoms with Crippen molar-refractivity contribution < 1.29 is 4.79 Å². The lowest BCUT2D eigenvalue weighted by Crippen LogP contribution is -2.23. The SMILES string of the molecule is CCC1CCC(=NNC(=O)Cc2cccc3ccccc23)CC1. The fraction of sp³-hybridized carbons (Fsp3) is 0.400. The predicted octanol–water partition coefficient (Wildman–Crippen LogP) is 4.45. The van der Waals surface area contributed by atoms with Gasteiger partial charge in [-0.1, -0.05) is 55.8 Å². The molecule has 0 heterocycles. The molecular weight excluding hydrogens is 284 g/mol. The van der Waals surface area contributed by atoms with E-state index in [0.717, 1.165) is 35.4 Å². The Morgan fingerprint density at radius 2 is 1.87 bits per heavy atom. The lowest BCUT2D eigenvalue weighted by molar-refractivity contribution is -0.120. The molecule has 1 amide bonds. The van der Waals surface area contributed by atoms with Gasteiger partial charge in [-0.15, -0.1) is 0 Å². The maximum Gasteiger partial charge on any atom is 0.244 e. The molecule has 1 fully saturated rings. The quantitative estimate of drug-likeness (QED) is 0.833. The van der Waals surface area contributed by atoms with E-state index in [9.17, 15) is 4.79 Å². The molecule has 0 atom stereocenters. The first kappa shape index (κ1) is 15.7. The number of nitrogens with zero attached hydrogens (tertiary/aromatic N) is 1. The molecule has 0 aliphatic heterocycles. The number of hydrogen-bond donors (Lipinski definition) is 1. The van der Waals surface area contributed by atoms with Crippen molar-refractivity contribution in [2.45, 2.75) is 45.4 Å². The zero-order chi connectivity index (χ0) is 16.1. The van der Waals surface area contributed by atoms with Crippen molar-refractivity contribution in [1.82, 2.24) is 5.43 Å². The summed E-state index contributed by atoms with van der Waals surface area (Å²) in [5.41, 5.74) is 4.94. The van der Waals surface area contributed by atoms with Gasteiger partial charge in [0.15, 0.2) is 0 Å². The maximum absolute atomic E-state index is 12.2. The Labute approximate surface area is 137 Å². The minimum absolute atomic E-state index is 0.0357. The summed E-state index contributed by atoms with van der Waals surface area (Å²) >= 11 is 0. The molecule has 23 heavy (non-hydrogen) atoms. The van der Waals surface area contributed by atoms with Crippen LogP contribution in [0.4, 0.5) is 0 Å². The van der Waals surface area contributed by atoms with Gasteiger partial charge in [-0.2, -0.15) is 5.10 Å². The zero-order valence-corrected chi connectivity index (χ0v) is 13.7. The van der Waals surface area contributed by atoms with E-state index in [1.54, 1.807) is 0 Å². The molecule has 3 rings (SSSR count). The fourth-order valence-electron chi connectivity index (χ4n) is 3.33. The Kier molecular flexibility index (Phi) is 5.06. The van der Waals surface area contributed by atoms with Crippen molar-refractivity contribution in [3.05, 3.63) is 48.0 Å². The van der Waals surface area contributed by atoms with Crippen LogP contribution in [0.25, 0.3) is 10.8 Å². The smallest absolute Gasteiger partial charge is 0.244 e. The Hall–Kier alpha value is -2.16. The average molecular weight is 308 g/mol. The normalized spacial score (nSPS) is 18.0. The Bertz CT molecular complexity index is 705. The van der Waals surface area contributed by atoms with Gasteiger partial charge in [-0.05, 0) is 47.9 Å². The highest BCUT2D eigenvalue weighted by Gasteiger charge is 2.16. The second kappa shape index (κ2) is 7.40. The minimum atomic E-state index is -0.0357. The fourth-order valence-corrected chi connectivity index (χ4v) is 3.33. The number of amides is 1. The number of hydrazone groups is 1. The van der Waals surface area contributed by atoms with Gasteiger partial charge in [-0.25, -0.2) is 5.43 Å². The van der Waals surface area contributed by atoms with E-state index in [4.69, 9.17) is 0 Å². The summed E-state index contributed by atoms with van der Waals surface area (Å²) in [7, 11) is 0. The van der Waals surface area contributed by atoms with Crippen molar-refractivity contribution in [3.8, 4) is 0 Å². The van der Waals surface area contributed by atoms with Crippen molar-refractivity contribution in [2.75, 3.05) is 0 Å². The first-order valence-corrected chi connectivity index (χ1v) is 8.57. The molecule has 3 heteroatoms. The summed E-state index contributed by atoms with van der Waals surface area (Å²) < 4.78 is 0. The van der Waals surface area contributed by atoms with E-state index in [2.05, 4.69) is 35.7 Å². The van der Waals surface area contributed by atoms with E-state index >= 15 is 0 Å². The summed E-state index contributed by atoms with van der Waals surface area (Å²) in [5.74, 6) is 0.798. The highest BCUT2D eigenvalue weighted by molar-refractivity contribution is 5.91. The van der Waals surface area contributed by atoms with Gasteiger partial charge in [0, 0.05) is 5.71 Å². The molecule has 1 saturated carbocycles. The molecule has 0 radical (unpaired) electrons. The van der Waals surface area contributed by atoms with Gasteiger partial charge in [0.05, 0.1) is 6.42 Å². The molecule has 2 aromatic rings. The van der Waals surface area contributed by atoms with Crippen LogP contribution in [0.5, 0.6) is 0 Å². The van der Waals surface area contributed by atoms with Crippen LogP contribution in [-0.2, 0) is 11.2 Å². The second-order valence-corrected chi connectivity index (χ2v) is 6.38. The van der Waals surface area contributed by atoms with Gasteiger partial charge >= 0.3 is 0 Å². The molecule has 0 unspecified atom stereocenters. The number of carbonyl (C=O) groups excluding carboxylic acids is 1. The first-order chi connectivity index (χ1) is 11.3. The van der Waals surface area contributed by atoms with E-state index in [-0.39, 0.29) is 5.91 Å². The van der Waals surface area contributed by atoms with Gasteiger partial charge in [-0.3, -0.25) is 4.79 Å². The summed E-state index contributed by atoms with van der Waals surface area (Å²) in [5, 5.41) is 6.65. The average Bonchev–Trinajstić information content (AvgIpc) is 2.61. The van der Waals surface area contributed by atoms with E-state index in [1.807, 2.05) is 24.3 Å². The summed E-state index contributed by atoms with van der Waals surface area (Å²) in [6.45, 7) is 2.25. The lowest BCUT2D eigenvalue weighted by atomic mass is 9.86. The summed E-state index contributed by atoms with van der Waals surface area (Å²) in [4.78, 5) is 12.2. The Morgan fingerprint density at radius 3 is 2.65 bits per heavy atom. The lowest BCUT2D eigenvalue weighted by Gasteiger charge is -2.21. The third-order valence-electron chi connectivity index (χ3n) is 4.83. The first-order valence-electron chi connectivity index (χ1n) is 8.57. The van der Waals surface area contributed by atoms with Crippen molar-refractivity contribution in [2.24, 2.45) is 11.0 Å². The van der Waals surface area contributed by atoms with Crippen molar-refractivity contribution >= 4 is 22.4 Å². The molecular formula is C20H24N2O. The summed E-state index contributed by atoms with van der Waals surface area (Å²) in [6.07, 6.45) is 6.07. The molecule has 3 nitrogen and oxygen atoms in total. The van der Waals surface area contributed by atoms with Gasteiger partial charge < -0.3 is 0 Å². The molecule has 0 bridgehead atoms. The van der Waals surface area contributed by atoms with Gasteiger partial charge in [0.2, 0.25) is 5.91 Å². The van der Waals surface area contributed by atoms with Crippen LogP contribution >= 0.6 is 0 Å². The van der Waals surface area contributed by atoms with Crippen LogP contribution in [0.15, 0.2) is 47.6 Å². The van der Waals surface area contributed by atoms with E-state index in [1.165, 1.54) is 24.6 Å². The Balaban J connectivity index is 1.61. The Morgan fingerprint density at radius 1 is 1.13 bits per heavy atom. The monoisotopic (exact) mass is 308 g/mol. The molecule has 2 aromatic carbocycles. The third kappa shape index (κ3) is 3.98. The number of hydrogen-bond acceptors (Lipinski definition) is 2. The molecule has 1 aliphatic rings. The topological polar surface area (TPSA) is 41.5 Å². The van der Waals surface area contributed by atoms with E-state index in [0.29, 0.717) is 6.42 Å². The highest BCUT2D eigenvalue weighted by Crippen LogP contribution is 2.24. The van der Waals surface area contributed by atoms with Gasteiger partial charge in [0.1, 0.15) is 0 Å². The molecule has 0 aromatic heterocycles. The number of fused-ring (bicyclic) bond motifs is 1. The van der Waals surface area contributed by atoms with Crippen LogP contribution < -0.4 is 5.43 Å². The highest BCUT2D eigenvalue weighted by atomic mass is 16.2. The number of carbonyl (C=O) groups is 1. The molecule has 0 saturated heterocycles. The van der Waals surface area contributed by atoms with Crippen LogP contribution in [0.1, 0.15) is 44.6 Å². The van der Waals surface area contributed by atoms with Crippen molar-refractivity contribution in [1.29, 1.82) is 0 Å². The van der Waals surface area contributed by atoms with E-state index < -0.39 is 0 Å². The summed E-state index contributed by atoms with van der Waals surface area (Å²) in [6, 6.07) is 14.3. The van der Waals surface area contributed by atoms with Crippen LogP contribution in [0.2, 0.25) is 0 Å². The molecule has 1 aliphatic carbocycles. The predicted molar refractivity (Wildman–Crippen MR) is 95.5 cm³/mol. The van der Waals surface area contributed by atoms with Crippen LogP contribution in [0, 0.1) is 5.92 Å². The van der Waals surface area contributed by atoms with Crippen molar-refractivity contribution in [3.63, 3.8) is 0 Å². The molecule has 0 spiro atoms. The molecule has 1 N–H and O–H groups in total. The third-order valence-corrected chi connectivity index (χ3v) is 4.83. The largest absolute Gasteiger partial charge is 0.273 e. The van der Waals surface area contributed by atoms with Gasteiger partial charge in [0.25, 0.3) is 0 Å². The number of benzene rings is 2. The minimum Gasteiger partial charge on any atom is -0.273 e. The standard InChI is InChI=1S/C20H24N2O/c1-2-15-10-12-18(13-11-15)21-22-20(23)14-17-8-5-7-16-6-3-4-9-19(16)17/h3-9,15H,2,10-14H2,1H3,(H,22,23). The maximum atomic E-state index is 12.2. The number of rotatable bonds is 4. The zero-order valence-electron chi connectivity index (χ0n) is 13.7. The molecule has 120 valence electrons. The second-order valence-electron chi connectivity index (χ2n) is 6.38. The number of nitrogens with one attached hydrogen (secondary N) is 1. The van der Waals surface area contributed by atoms with Crippen LogP contribution in [0.3, 0.4) is 0 Å².